The molecule has 2 aromatic carbocycles. The molecule has 0 unspecified atom stereocenters. The van der Waals surface area contributed by atoms with E-state index in [-0.39, 0.29) is 5.54 Å². The first-order valence-corrected chi connectivity index (χ1v) is 8.05. The second-order valence-electron chi connectivity index (χ2n) is 6.43. The number of rotatable bonds is 6. The van der Waals surface area contributed by atoms with E-state index in [1.807, 2.05) is 42.5 Å². The van der Waals surface area contributed by atoms with Crippen LogP contribution >= 0.6 is 11.6 Å². The highest BCUT2D eigenvalue weighted by molar-refractivity contribution is 6.31. The van der Waals surface area contributed by atoms with Gasteiger partial charge in [-0.2, -0.15) is 0 Å². The second-order valence-corrected chi connectivity index (χ2v) is 6.84. The fraction of sp³-hybridized carbons (Fsp3) is 0.368. The molecule has 0 saturated carbocycles. The maximum atomic E-state index is 6.20. The number of hydrogen-bond donors (Lipinski definition) is 1. The molecule has 1 N–H and O–H groups in total. The third kappa shape index (κ3) is 5.15. The molecule has 0 aromatic heterocycles. The molecule has 0 bridgehead atoms. The van der Waals surface area contributed by atoms with Crippen LogP contribution in [0.4, 0.5) is 0 Å². The Labute approximate surface area is 143 Å². The maximum Gasteiger partial charge on any atom is 0.166 e. The van der Waals surface area contributed by atoms with Gasteiger partial charge in [-0.1, -0.05) is 41.9 Å². The Balaban J connectivity index is 2.20. The molecule has 0 aliphatic heterocycles. The predicted molar refractivity (Wildman–Crippen MR) is 95.4 cm³/mol. The van der Waals surface area contributed by atoms with Crippen molar-refractivity contribution in [1.82, 2.24) is 5.32 Å². The topological polar surface area (TPSA) is 30.5 Å². The van der Waals surface area contributed by atoms with Gasteiger partial charge < -0.3 is 14.8 Å². The van der Waals surface area contributed by atoms with Crippen LogP contribution in [0, 0.1) is 0 Å². The molecule has 0 aliphatic rings. The molecule has 0 spiro atoms. The molecule has 0 radical (unpaired) electrons. The van der Waals surface area contributed by atoms with Gasteiger partial charge in [-0.3, -0.25) is 0 Å². The fourth-order valence-electron chi connectivity index (χ4n) is 2.15. The summed E-state index contributed by atoms with van der Waals surface area (Å²) in [5.41, 5.74) is 2.05. The highest BCUT2D eigenvalue weighted by Crippen LogP contribution is 2.32. The van der Waals surface area contributed by atoms with E-state index in [1.54, 1.807) is 7.11 Å². The monoisotopic (exact) mass is 333 g/mol. The molecule has 0 fully saturated rings. The Morgan fingerprint density at radius 3 is 2.35 bits per heavy atom. The summed E-state index contributed by atoms with van der Waals surface area (Å²) in [6, 6.07) is 13.6. The lowest BCUT2D eigenvalue weighted by molar-refractivity contribution is 0.279. The minimum atomic E-state index is 0.0308. The SMILES string of the molecule is COc1cccc(CNC(C)(C)C)c1OCc1ccccc1Cl. The number of hydrogen-bond acceptors (Lipinski definition) is 3. The van der Waals surface area contributed by atoms with Gasteiger partial charge in [0.15, 0.2) is 11.5 Å². The summed E-state index contributed by atoms with van der Waals surface area (Å²) < 4.78 is 11.5. The van der Waals surface area contributed by atoms with Crippen molar-refractivity contribution in [1.29, 1.82) is 0 Å². The van der Waals surface area contributed by atoms with Crippen molar-refractivity contribution in [3.8, 4) is 11.5 Å². The van der Waals surface area contributed by atoms with Gasteiger partial charge in [0.1, 0.15) is 6.61 Å². The minimum Gasteiger partial charge on any atom is -0.493 e. The van der Waals surface area contributed by atoms with Gasteiger partial charge in [0.05, 0.1) is 7.11 Å². The molecule has 0 amide bonds. The molecule has 3 nitrogen and oxygen atoms in total. The Morgan fingerprint density at radius 1 is 1.00 bits per heavy atom. The molecule has 124 valence electrons. The number of para-hydroxylation sites is 1. The summed E-state index contributed by atoms with van der Waals surface area (Å²) in [5, 5.41) is 4.18. The third-order valence-corrected chi connectivity index (χ3v) is 3.79. The van der Waals surface area contributed by atoms with E-state index in [2.05, 4.69) is 26.1 Å². The van der Waals surface area contributed by atoms with Gasteiger partial charge >= 0.3 is 0 Å². The zero-order valence-corrected chi connectivity index (χ0v) is 14.9. The summed E-state index contributed by atoms with van der Waals surface area (Å²) in [6.45, 7) is 7.52. The van der Waals surface area contributed by atoms with Crippen LogP contribution in [0.2, 0.25) is 5.02 Å². The third-order valence-electron chi connectivity index (χ3n) is 3.42. The van der Waals surface area contributed by atoms with Crippen molar-refractivity contribution < 1.29 is 9.47 Å². The Bertz CT molecular complexity index is 650. The zero-order chi connectivity index (χ0) is 16.9. The summed E-state index contributed by atoms with van der Waals surface area (Å²) >= 11 is 6.20. The molecular weight excluding hydrogens is 310 g/mol. The predicted octanol–water partition coefficient (Wildman–Crippen LogP) is 4.82. The summed E-state index contributed by atoms with van der Waals surface area (Å²) in [6.07, 6.45) is 0. The number of nitrogens with one attached hydrogen (secondary N) is 1. The highest BCUT2D eigenvalue weighted by atomic mass is 35.5. The molecule has 23 heavy (non-hydrogen) atoms. The lowest BCUT2D eigenvalue weighted by Crippen LogP contribution is -2.35. The first-order chi connectivity index (χ1) is 10.9. The molecule has 2 aromatic rings. The number of benzene rings is 2. The van der Waals surface area contributed by atoms with E-state index in [9.17, 15) is 0 Å². The van der Waals surface area contributed by atoms with Gasteiger partial charge in [0.2, 0.25) is 0 Å². The van der Waals surface area contributed by atoms with Gasteiger partial charge in [0, 0.05) is 28.2 Å². The van der Waals surface area contributed by atoms with E-state index in [4.69, 9.17) is 21.1 Å². The van der Waals surface area contributed by atoms with Crippen molar-refractivity contribution in [2.24, 2.45) is 0 Å². The maximum absolute atomic E-state index is 6.20. The van der Waals surface area contributed by atoms with Crippen LogP contribution < -0.4 is 14.8 Å². The average molecular weight is 334 g/mol. The van der Waals surface area contributed by atoms with Crippen LogP contribution in [0.1, 0.15) is 31.9 Å². The van der Waals surface area contributed by atoms with Crippen molar-refractivity contribution in [3.63, 3.8) is 0 Å². The van der Waals surface area contributed by atoms with E-state index in [0.29, 0.717) is 18.2 Å². The normalized spacial score (nSPS) is 11.3. The van der Waals surface area contributed by atoms with Crippen LogP contribution in [0.5, 0.6) is 11.5 Å². The van der Waals surface area contributed by atoms with Crippen molar-refractivity contribution >= 4 is 11.6 Å². The largest absolute Gasteiger partial charge is 0.493 e. The fourth-order valence-corrected chi connectivity index (χ4v) is 2.34. The van der Waals surface area contributed by atoms with Gasteiger partial charge in [-0.25, -0.2) is 0 Å². The lowest BCUT2D eigenvalue weighted by Gasteiger charge is -2.22. The van der Waals surface area contributed by atoms with E-state index < -0.39 is 0 Å². The summed E-state index contributed by atoms with van der Waals surface area (Å²) in [5.74, 6) is 1.48. The van der Waals surface area contributed by atoms with Gasteiger partial charge in [-0.05, 0) is 32.9 Å². The lowest BCUT2D eigenvalue weighted by atomic mass is 10.1. The smallest absolute Gasteiger partial charge is 0.166 e. The molecule has 4 heteroatoms. The molecular formula is C19H24ClNO2. The Kier molecular flexibility index (Phi) is 5.91. The standard InChI is InChI=1S/C19H24ClNO2/c1-19(2,3)21-12-14-9-7-11-17(22-4)18(14)23-13-15-8-5-6-10-16(15)20/h5-11,21H,12-13H2,1-4H3. The number of methoxy groups -OCH3 is 1. The molecule has 0 heterocycles. The van der Waals surface area contributed by atoms with Crippen LogP contribution in [0.25, 0.3) is 0 Å². The molecule has 0 saturated heterocycles. The second kappa shape index (κ2) is 7.71. The first-order valence-electron chi connectivity index (χ1n) is 7.68. The van der Waals surface area contributed by atoms with E-state index in [1.165, 1.54) is 0 Å². The Hall–Kier alpha value is -1.71. The molecule has 0 aliphatic carbocycles. The quantitative estimate of drug-likeness (QED) is 0.822. The summed E-state index contributed by atoms with van der Waals surface area (Å²) in [7, 11) is 1.65. The zero-order valence-electron chi connectivity index (χ0n) is 14.2. The van der Waals surface area contributed by atoms with Crippen LogP contribution in [0.15, 0.2) is 42.5 Å². The number of ether oxygens (including phenoxy) is 2. The van der Waals surface area contributed by atoms with E-state index >= 15 is 0 Å². The van der Waals surface area contributed by atoms with Crippen LogP contribution in [0.3, 0.4) is 0 Å². The van der Waals surface area contributed by atoms with Crippen LogP contribution in [-0.2, 0) is 13.2 Å². The minimum absolute atomic E-state index is 0.0308. The summed E-state index contributed by atoms with van der Waals surface area (Å²) in [4.78, 5) is 0. The number of halogens is 1. The van der Waals surface area contributed by atoms with E-state index in [0.717, 1.165) is 22.6 Å². The van der Waals surface area contributed by atoms with Gasteiger partial charge in [-0.15, -0.1) is 0 Å². The molecule has 0 atom stereocenters. The average Bonchev–Trinajstić information content (AvgIpc) is 2.51. The van der Waals surface area contributed by atoms with Crippen molar-refractivity contribution in [2.45, 2.75) is 39.5 Å². The van der Waals surface area contributed by atoms with Crippen molar-refractivity contribution in [3.05, 3.63) is 58.6 Å². The van der Waals surface area contributed by atoms with Crippen LogP contribution in [-0.4, -0.2) is 12.6 Å². The Morgan fingerprint density at radius 2 is 1.70 bits per heavy atom. The van der Waals surface area contributed by atoms with Crippen molar-refractivity contribution in [2.75, 3.05) is 7.11 Å². The first kappa shape index (κ1) is 17.6. The molecule has 2 rings (SSSR count). The highest BCUT2D eigenvalue weighted by Gasteiger charge is 2.14. The van der Waals surface area contributed by atoms with Gasteiger partial charge in [0.25, 0.3) is 0 Å².